The number of aliphatic hydroxyl groups excluding tert-OH is 1. The van der Waals surface area contributed by atoms with Crippen molar-refractivity contribution in [3.8, 4) is 5.69 Å². The summed E-state index contributed by atoms with van der Waals surface area (Å²) in [7, 11) is 0. The molecule has 3 amide bonds. The van der Waals surface area contributed by atoms with Crippen LogP contribution in [0.4, 0.5) is 10.6 Å². The molecule has 2 aromatic rings. The Labute approximate surface area is 221 Å². The summed E-state index contributed by atoms with van der Waals surface area (Å²) in [5.41, 5.74) is 11.7. The fourth-order valence-electron chi connectivity index (χ4n) is 5.63. The van der Waals surface area contributed by atoms with Gasteiger partial charge in [0.25, 0.3) is 0 Å². The molecule has 0 spiro atoms. The Balaban J connectivity index is 1.13. The molecule has 12 heteroatoms. The van der Waals surface area contributed by atoms with E-state index >= 15 is 0 Å². The van der Waals surface area contributed by atoms with Gasteiger partial charge in [-0.1, -0.05) is 12.1 Å². The molecule has 5 rings (SSSR count). The largest absolute Gasteiger partial charge is 0.394 e. The fraction of sp³-hybridized carbons (Fsp3) is 0.538. The quantitative estimate of drug-likeness (QED) is 0.368. The highest BCUT2D eigenvalue weighted by molar-refractivity contribution is 5.89. The SMILES string of the molecule is C[C@](N)(CO)C(=O)N1CCN(C(=O)Nc2ccn(-c3ccc(CN4C[C@@H]5C(CN)[C@@H]5C4)cc3)c(=O)n2)CC1. The second-order valence-corrected chi connectivity index (χ2v) is 10.8. The molecule has 12 nitrogen and oxygen atoms in total. The van der Waals surface area contributed by atoms with Crippen LogP contribution in [0.5, 0.6) is 0 Å². The minimum absolute atomic E-state index is 0.157. The van der Waals surface area contributed by atoms with E-state index < -0.39 is 23.9 Å². The lowest BCUT2D eigenvalue weighted by Crippen LogP contribution is -2.60. The lowest BCUT2D eigenvalue weighted by atomic mass is 10.0. The van der Waals surface area contributed by atoms with E-state index in [4.69, 9.17) is 11.5 Å². The molecule has 4 atom stereocenters. The standard InChI is InChI=1S/C26H36N8O4/c1-26(28,16-35)23(36)32-8-10-33(11-9-32)24(37)29-22-6-7-34(25(38)30-22)18-4-2-17(3-5-18)13-31-14-20-19(12-27)21(20)15-31/h2-7,19-21,35H,8-16,27-28H2,1H3,(H,29,30,37,38)/t19?,20-,21+,26-/m0/s1. The Morgan fingerprint density at radius 1 is 1.08 bits per heavy atom. The van der Waals surface area contributed by atoms with E-state index in [1.165, 1.54) is 22.0 Å². The minimum Gasteiger partial charge on any atom is -0.394 e. The summed E-state index contributed by atoms with van der Waals surface area (Å²) in [5.74, 6) is 2.03. The normalized spacial score (nSPS) is 24.6. The number of piperazine rings is 1. The Morgan fingerprint density at radius 2 is 1.71 bits per heavy atom. The molecule has 204 valence electrons. The number of nitrogens with two attached hydrogens (primary N) is 2. The van der Waals surface area contributed by atoms with Crippen LogP contribution in [0.3, 0.4) is 0 Å². The average molecular weight is 525 g/mol. The first kappa shape index (κ1) is 26.3. The van der Waals surface area contributed by atoms with Crippen LogP contribution in [0, 0.1) is 17.8 Å². The number of anilines is 1. The van der Waals surface area contributed by atoms with Gasteiger partial charge in [-0.15, -0.1) is 0 Å². The molecule has 1 unspecified atom stereocenters. The third-order valence-electron chi connectivity index (χ3n) is 8.05. The Hall–Kier alpha value is -3.32. The summed E-state index contributed by atoms with van der Waals surface area (Å²) < 4.78 is 1.44. The minimum atomic E-state index is -1.35. The predicted molar refractivity (Wildman–Crippen MR) is 141 cm³/mol. The number of hydrogen-bond acceptors (Lipinski definition) is 8. The molecule has 6 N–H and O–H groups in total. The molecule has 3 heterocycles. The van der Waals surface area contributed by atoms with Gasteiger partial charge in [0.05, 0.1) is 12.3 Å². The summed E-state index contributed by atoms with van der Waals surface area (Å²) >= 11 is 0. The van der Waals surface area contributed by atoms with Crippen molar-refractivity contribution in [3.05, 3.63) is 52.6 Å². The van der Waals surface area contributed by atoms with Crippen LogP contribution in [0.25, 0.3) is 5.69 Å². The molecule has 3 fully saturated rings. The zero-order valence-corrected chi connectivity index (χ0v) is 21.6. The van der Waals surface area contributed by atoms with Crippen molar-refractivity contribution in [2.75, 3.05) is 57.7 Å². The van der Waals surface area contributed by atoms with Crippen molar-refractivity contribution < 1.29 is 14.7 Å². The van der Waals surface area contributed by atoms with Crippen LogP contribution in [0.15, 0.2) is 41.3 Å². The van der Waals surface area contributed by atoms with Crippen LogP contribution in [-0.4, -0.2) is 99.3 Å². The Morgan fingerprint density at radius 3 is 2.29 bits per heavy atom. The number of nitrogens with zero attached hydrogens (tertiary/aromatic N) is 5. The van der Waals surface area contributed by atoms with Gasteiger partial charge >= 0.3 is 11.7 Å². The van der Waals surface area contributed by atoms with Gasteiger partial charge in [-0.2, -0.15) is 4.98 Å². The van der Waals surface area contributed by atoms with Gasteiger partial charge in [-0.05, 0) is 55.0 Å². The molecule has 1 saturated carbocycles. The first-order valence-electron chi connectivity index (χ1n) is 13.1. The smallest absolute Gasteiger partial charge is 0.354 e. The van der Waals surface area contributed by atoms with Gasteiger partial charge in [-0.3, -0.25) is 19.6 Å². The van der Waals surface area contributed by atoms with Crippen molar-refractivity contribution in [2.45, 2.75) is 19.0 Å². The maximum atomic E-state index is 12.7. The van der Waals surface area contributed by atoms with Crippen LogP contribution >= 0.6 is 0 Å². The fourth-order valence-corrected chi connectivity index (χ4v) is 5.63. The van der Waals surface area contributed by atoms with E-state index in [1.807, 2.05) is 24.3 Å². The van der Waals surface area contributed by atoms with E-state index in [2.05, 4.69) is 15.2 Å². The van der Waals surface area contributed by atoms with Crippen molar-refractivity contribution in [2.24, 2.45) is 29.2 Å². The lowest BCUT2D eigenvalue weighted by Gasteiger charge is -2.37. The van der Waals surface area contributed by atoms with Crippen LogP contribution in [0.2, 0.25) is 0 Å². The van der Waals surface area contributed by atoms with Gasteiger partial charge in [0.2, 0.25) is 5.91 Å². The number of benzene rings is 1. The zero-order valence-electron chi connectivity index (χ0n) is 21.6. The second kappa shape index (κ2) is 10.4. The summed E-state index contributed by atoms with van der Waals surface area (Å²) in [6.07, 6.45) is 1.59. The summed E-state index contributed by atoms with van der Waals surface area (Å²) in [6.45, 7) is 6.12. The second-order valence-electron chi connectivity index (χ2n) is 10.8. The van der Waals surface area contributed by atoms with E-state index in [0.29, 0.717) is 37.8 Å². The highest BCUT2D eigenvalue weighted by Crippen LogP contribution is 2.51. The van der Waals surface area contributed by atoms with Crippen LogP contribution in [0.1, 0.15) is 12.5 Å². The average Bonchev–Trinajstić information content (AvgIpc) is 3.40. The highest BCUT2D eigenvalue weighted by Gasteiger charge is 2.54. The van der Waals surface area contributed by atoms with Crippen molar-refractivity contribution in [1.29, 1.82) is 0 Å². The number of amides is 3. The number of piperidine rings is 1. The molecular weight excluding hydrogens is 488 g/mol. The first-order chi connectivity index (χ1) is 18.2. The van der Waals surface area contributed by atoms with Crippen LogP contribution < -0.4 is 22.5 Å². The summed E-state index contributed by atoms with van der Waals surface area (Å²) in [4.78, 5) is 47.4. The summed E-state index contributed by atoms with van der Waals surface area (Å²) in [6, 6.07) is 9.04. The number of carbonyl (C=O) groups excluding carboxylic acids is 2. The van der Waals surface area contributed by atoms with E-state index in [-0.39, 0.29) is 11.7 Å². The molecule has 1 aliphatic carbocycles. The molecular formula is C26H36N8O4. The number of fused-ring (bicyclic) bond motifs is 1. The Bertz CT molecular complexity index is 1230. The van der Waals surface area contributed by atoms with E-state index in [1.54, 1.807) is 17.2 Å². The van der Waals surface area contributed by atoms with Gasteiger partial charge < -0.3 is 26.4 Å². The number of rotatable bonds is 7. The zero-order chi connectivity index (χ0) is 27.0. The molecule has 2 saturated heterocycles. The number of aliphatic hydroxyl groups is 1. The molecule has 1 aromatic carbocycles. The van der Waals surface area contributed by atoms with E-state index in [9.17, 15) is 19.5 Å². The topological polar surface area (TPSA) is 163 Å². The molecule has 0 radical (unpaired) electrons. The van der Waals surface area contributed by atoms with E-state index in [0.717, 1.165) is 38.0 Å². The van der Waals surface area contributed by atoms with Gasteiger partial charge in [0, 0.05) is 52.0 Å². The number of urea groups is 1. The molecule has 2 aliphatic heterocycles. The maximum Gasteiger partial charge on any atom is 0.354 e. The van der Waals surface area contributed by atoms with Gasteiger partial charge in [0.1, 0.15) is 11.4 Å². The highest BCUT2D eigenvalue weighted by atomic mass is 16.3. The number of hydrogen-bond donors (Lipinski definition) is 4. The van der Waals surface area contributed by atoms with Gasteiger partial charge in [-0.25, -0.2) is 9.59 Å². The third-order valence-corrected chi connectivity index (χ3v) is 8.05. The number of likely N-dealkylation sites (tertiary alicyclic amines) is 1. The number of carbonyl (C=O) groups is 2. The molecule has 0 bridgehead atoms. The van der Waals surface area contributed by atoms with Crippen molar-refractivity contribution in [1.82, 2.24) is 24.3 Å². The summed E-state index contributed by atoms with van der Waals surface area (Å²) in [5, 5.41) is 12.0. The Kier molecular flexibility index (Phi) is 7.23. The molecule has 3 aliphatic rings. The third kappa shape index (κ3) is 5.30. The first-order valence-corrected chi connectivity index (χ1v) is 13.1. The lowest BCUT2D eigenvalue weighted by molar-refractivity contribution is -0.139. The number of nitrogens with one attached hydrogen (secondary N) is 1. The van der Waals surface area contributed by atoms with Crippen molar-refractivity contribution in [3.63, 3.8) is 0 Å². The maximum absolute atomic E-state index is 12.7. The van der Waals surface area contributed by atoms with Crippen LogP contribution in [-0.2, 0) is 11.3 Å². The predicted octanol–water partition coefficient (Wildman–Crippen LogP) is -0.745. The molecule has 38 heavy (non-hydrogen) atoms. The molecule has 1 aromatic heterocycles. The van der Waals surface area contributed by atoms with Gasteiger partial charge in [0.15, 0.2) is 0 Å². The monoisotopic (exact) mass is 524 g/mol. The van der Waals surface area contributed by atoms with Crippen molar-refractivity contribution >= 4 is 17.8 Å². The number of aromatic nitrogens is 2.